The van der Waals surface area contributed by atoms with Gasteiger partial charge in [0.15, 0.2) is 5.11 Å². The Morgan fingerprint density at radius 2 is 1.57 bits per heavy atom. The summed E-state index contributed by atoms with van der Waals surface area (Å²) in [5, 5.41) is 15.3. The van der Waals surface area contributed by atoms with Gasteiger partial charge in [-0.3, -0.25) is 24.0 Å². The Hall–Kier alpha value is -2.19. The van der Waals surface area contributed by atoms with Gasteiger partial charge < -0.3 is 41.5 Å². The number of nitrogens with zero attached hydrogens (tertiary/aromatic N) is 1. The number of carbonyl (C=O) groups excluding carboxylic acids is 6. The van der Waals surface area contributed by atoms with Crippen molar-refractivity contribution in [2.75, 3.05) is 26.7 Å². The van der Waals surface area contributed by atoms with Crippen LogP contribution in [0.2, 0.25) is 0 Å². The summed E-state index contributed by atoms with van der Waals surface area (Å²) < 4.78 is 9.84. The number of carbonyl (C=O) groups is 6. The molecule has 1 aliphatic rings. The number of ether oxygens (including phenoxy) is 2. The second-order valence-corrected chi connectivity index (χ2v) is 6.77. The van der Waals surface area contributed by atoms with E-state index in [1.807, 2.05) is 0 Å². The van der Waals surface area contributed by atoms with Crippen LogP contribution in [0.3, 0.4) is 0 Å². The van der Waals surface area contributed by atoms with E-state index in [0.717, 1.165) is 0 Å². The van der Waals surface area contributed by atoms with Crippen LogP contribution in [-0.2, 0) is 57.0 Å². The molecule has 17 heteroatoms. The minimum atomic E-state index is -1.53. The van der Waals surface area contributed by atoms with E-state index < -0.39 is 61.3 Å². The van der Waals surface area contributed by atoms with Gasteiger partial charge in [0.25, 0.3) is 0 Å². The predicted octanol–water partition coefficient (Wildman–Crippen LogP) is -2.93. The number of amides is 3. The van der Waals surface area contributed by atoms with E-state index >= 15 is 0 Å². The molecule has 35 heavy (non-hydrogen) atoms. The summed E-state index contributed by atoms with van der Waals surface area (Å²) in [6.45, 7) is 0.546. The molecular formula is C18H28ClN5O9PtS. The van der Waals surface area contributed by atoms with Crippen molar-refractivity contribution in [2.24, 2.45) is 11.5 Å². The van der Waals surface area contributed by atoms with Crippen molar-refractivity contribution in [2.45, 2.75) is 44.8 Å². The van der Waals surface area contributed by atoms with Crippen LogP contribution >= 0.6 is 21.6 Å². The molecule has 1 atom stereocenters. The van der Waals surface area contributed by atoms with E-state index in [-0.39, 0.29) is 30.8 Å². The van der Waals surface area contributed by atoms with Crippen LogP contribution in [0.4, 0.5) is 0 Å². The number of carboxylic acid groups (broad SMARTS) is 1. The maximum absolute atomic E-state index is 11.9. The molecule has 0 aromatic heterocycles. The molecule has 202 valence electrons. The first-order valence-corrected chi connectivity index (χ1v) is 13.2. The van der Waals surface area contributed by atoms with Crippen LogP contribution in [0.25, 0.3) is 0 Å². The van der Waals surface area contributed by atoms with Crippen LogP contribution in [0.15, 0.2) is 0 Å². The Balaban J connectivity index is 0. The number of halogens is 1. The molecule has 0 aromatic rings. The molecule has 0 bridgehead atoms. The molecule has 1 saturated heterocycles. The van der Waals surface area contributed by atoms with Crippen LogP contribution in [0.1, 0.15) is 38.5 Å². The number of carboxylic acids is 1. The zero-order chi connectivity index (χ0) is 27.4. The van der Waals surface area contributed by atoms with E-state index in [4.69, 9.17) is 33.2 Å². The standard InChI is InChI=1S/C16H21N3O9S.C2H8N2.ClH.Pt/c1-17-16(29)18-9(20)2-6-14(25)27-8-12(19-10(21)3-4-11(19)22)28-15(26)7-5-13(23)24;3-1-2-4;;/h12H,2-8H2,1H3,(H,23,24)(H2,17,18,20,29);1-4H2;1H;/q;;;+2/p-2. The summed E-state index contributed by atoms with van der Waals surface area (Å²) in [5.74, 6) is -5.11. The molecule has 0 spiro atoms. The zero-order valence-corrected chi connectivity index (χ0v) is 22.7. The Morgan fingerprint density at radius 3 is 2.03 bits per heavy atom. The molecule has 1 fully saturated rings. The van der Waals surface area contributed by atoms with Gasteiger partial charge in [0.05, 0.1) is 12.8 Å². The first-order valence-electron chi connectivity index (χ1n) is 9.99. The SMILES string of the molecule is CNC(=S)NC(=O)CCC(=O)OCC(OC(=O)CCC(=O)[O-])N1C(=O)CCC1=O.NCCN.[Cl][Pt+]. The van der Waals surface area contributed by atoms with E-state index in [1.54, 1.807) is 18.8 Å². The molecule has 1 aliphatic heterocycles. The Labute approximate surface area is 222 Å². The molecule has 1 rings (SSSR count). The number of esters is 2. The quantitative estimate of drug-likeness (QED) is 0.0955. The number of rotatable bonds is 11. The summed E-state index contributed by atoms with van der Waals surface area (Å²) >= 11 is 6.35. The summed E-state index contributed by atoms with van der Waals surface area (Å²) in [5.41, 5.74) is 9.81. The fourth-order valence-corrected chi connectivity index (χ4v) is 2.31. The van der Waals surface area contributed by atoms with Gasteiger partial charge in [-0.1, -0.05) is 0 Å². The number of hydrogen-bond donors (Lipinski definition) is 4. The van der Waals surface area contributed by atoms with Crippen molar-refractivity contribution in [3.8, 4) is 0 Å². The van der Waals surface area contributed by atoms with Gasteiger partial charge in [0.1, 0.15) is 6.61 Å². The summed E-state index contributed by atoms with van der Waals surface area (Å²) in [6, 6.07) is 0. The Kier molecular flexibility index (Phi) is 21.1. The first-order chi connectivity index (χ1) is 16.5. The second-order valence-electron chi connectivity index (χ2n) is 6.36. The third-order valence-corrected chi connectivity index (χ3v) is 4.07. The van der Waals surface area contributed by atoms with E-state index in [2.05, 4.69) is 20.1 Å². The molecule has 0 radical (unpaired) electrons. The maximum atomic E-state index is 11.9. The van der Waals surface area contributed by atoms with E-state index in [1.165, 1.54) is 7.05 Å². The van der Waals surface area contributed by atoms with Crippen molar-refractivity contribution in [3.05, 3.63) is 0 Å². The van der Waals surface area contributed by atoms with Crippen molar-refractivity contribution in [1.29, 1.82) is 0 Å². The van der Waals surface area contributed by atoms with Crippen LogP contribution in [-0.4, -0.2) is 78.6 Å². The zero-order valence-electron chi connectivity index (χ0n) is 18.8. The fourth-order valence-electron chi connectivity index (χ4n) is 2.19. The number of aliphatic carboxylic acids is 1. The number of hydrogen-bond acceptors (Lipinski definition) is 12. The van der Waals surface area contributed by atoms with Crippen molar-refractivity contribution in [1.82, 2.24) is 15.5 Å². The number of imide groups is 1. The normalized spacial score (nSPS) is 12.8. The van der Waals surface area contributed by atoms with E-state index in [0.29, 0.717) is 18.0 Å². The van der Waals surface area contributed by atoms with Gasteiger partial charge in [-0.15, -0.1) is 0 Å². The molecule has 3 amide bonds. The van der Waals surface area contributed by atoms with Gasteiger partial charge in [0, 0.05) is 45.4 Å². The number of nitrogens with two attached hydrogens (primary N) is 2. The van der Waals surface area contributed by atoms with Crippen molar-refractivity contribution >= 4 is 62.4 Å². The monoisotopic (exact) mass is 720 g/mol. The summed E-state index contributed by atoms with van der Waals surface area (Å²) in [6.07, 6.45) is -3.44. The molecule has 6 N–H and O–H groups in total. The van der Waals surface area contributed by atoms with Crippen molar-refractivity contribution < 1.29 is 62.1 Å². The van der Waals surface area contributed by atoms with Crippen LogP contribution < -0.4 is 27.2 Å². The van der Waals surface area contributed by atoms with Crippen molar-refractivity contribution in [3.63, 3.8) is 0 Å². The Bertz CT molecular complexity index is 742. The van der Waals surface area contributed by atoms with Crippen LogP contribution in [0, 0.1) is 0 Å². The molecule has 0 aliphatic carbocycles. The average molecular weight is 721 g/mol. The van der Waals surface area contributed by atoms with Gasteiger partial charge >= 0.3 is 40.1 Å². The third kappa shape index (κ3) is 17.0. The summed E-state index contributed by atoms with van der Waals surface area (Å²) in [4.78, 5) is 69.9. The van der Waals surface area contributed by atoms with Gasteiger partial charge in [0.2, 0.25) is 23.9 Å². The topological polar surface area (TPSA) is 223 Å². The van der Waals surface area contributed by atoms with Gasteiger partial charge in [-0.05, 0) is 18.6 Å². The average Bonchev–Trinajstić information content (AvgIpc) is 3.17. The second kappa shape index (κ2) is 21.1. The molecule has 0 aromatic carbocycles. The number of likely N-dealkylation sites (tertiary alicyclic amines) is 1. The fraction of sp³-hybridized carbons (Fsp3) is 0.611. The molecule has 1 unspecified atom stereocenters. The molecule has 1 heterocycles. The molecular weight excluding hydrogens is 693 g/mol. The minimum absolute atomic E-state index is 0.0814. The number of thiocarbonyl (C=S) groups is 1. The Morgan fingerprint density at radius 1 is 1.06 bits per heavy atom. The third-order valence-electron chi connectivity index (χ3n) is 3.77. The molecule has 14 nitrogen and oxygen atoms in total. The van der Waals surface area contributed by atoms with Crippen LogP contribution in [0.5, 0.6) is 0 Å². The number of nitrogens with one attached hydrogen (secondary N) is 2. The van der Waals surface area contributed by atoms with E-state index in [9.17, 15) is 33.9 Å². The molecule has 0 saturated carbocycles. The summed E-state index contributed by atoms with van der Waals surface area (Å²) in [7, 11) is 6.12. The predicted molar refractivity (Wildman–Crippen MR) is 119 cm³/mol. The van der Waals surface area contributed by atoms with Gasteiger partial charge in [-0.25, -0.2) is 4.90 Å². The first kappa shape index (κ1) is 35.0. The van der Waals surface area contributed by atoms with Gasteiger partial charge in [-0.2, -0.15) is 0 Å².